The predicted octanol–water partition coefficient (Wildman–Crippen LogP) is 2.77. The van der Waals surface area contributed by atoms with Crippen LogP contribution in [0, 0.1) is 0 Å². The minimum absolute atomic E-state index is 0.657. The minimum atomic E-state index is 0.657. The number of rotatable bonds is 1. The fourth-order valence-electron chi connectivity index (χ4n) is 0.628. The molecule has 0 aromatic carbocycles. The van der Waals surface area contributed by atoms with Gasteiger partial charge in [0.2, 0.25) is 0 Å². The number of hydrogen-bond acceptors (Lipinski definition) is 1. The van der Waals surface area contributed by atoms with Crippen LogP contribution in [0.3, 0.4) is 0 Å². The molecule has 52 valence electrons. The molecule has 0 spiro atoms. The first-order valence-electron chi connectivity index (χ1n) is 2.97. The summed E-state index contributed by atoms with van der Waals surface area (Å²) in [5, 5.41) is 0.657. The van der Waals surface area contributed by atoms with Crippen molar-refractivity contribution in [1.29, 1.82) is 0 Å². The second-order valence-corrected chi connectivity index (χ2v) is 2.58. The summed E-state index contributed by atoms with van der Waals surface area (Å²) >= 11 is 5.62. The van der Waals surface area contributed by atoms with E-state index in [-0.39, 0.29) is 0 Å². The van der Waals surface area contributed by atoms with Crippen LogP contribution in [0.4, 0.5) is 0 Å². The third-order valence-electron chi connectivity index (χ3n) is 1.16. The van der Waals surface area contributed by atoms with E-state index in [0.717, 1.165) is 11.3 Å². The molecule has 0 saturated carbocycles. The Morgan fingerprint density at radius 3 is 2.70 bits per heavy atom. The second-order valence-electron chi connectivity index (χ2n) is 2.14. The van der Waals surface area contributed by atoms with E-state index in [1.807, 2.05) is 13.0 Å². The molecule has 1 nitrogen and oxygen atoms in total. The van der Waals surface area contributed by atoms with Crippen LogP contribution >= 0.6 is 11.6 Å². The van der Waals surface area contributed by atoms with Gasteiger partial charge in [-0.3, -0.25) is 4.98 Å². The normalized spacial score (nSPS) is 9.40. The molecule has 2 heteroatoms. The molecule has 0 saturated heterocycles. The van der Waals surface area contributed by atoms with Crippen molar-refractivity contribution >= 4 is 17.2 Å². The van der Waals surface area contributed by atoms with Crippen molar-refractivity contribution in [1.82, 2.24) is 4.98 Å². The monoisotopic (exact) mass is 153 g/mol. The standard InChI is InChI=1S/C8H8ClN/c1-6(2)8-4-3-7(9)5-10-8/h3-5H,1H2,2H3. The zero-order chi connectivity index (χ0) is 7.56. The predicted molar refractivity (Wildman–Crippen MR) is 44.0 cm³/mol. The van der Waals surface area contributed by atoms with Gasteiger partial charge in [-0.05, 0) is 24.6 Å². The summed E-state index contributed by atoms with van der Waals surface area (Å²) in [6.07, 6.45) is 1.62. The Morgan fingerprint density at radius 2 is 2.30 bits per heavy atom. The molecule has 1 rings (SSSR count). The fraction of sp³-hybridized carbons (Fsp3) is 0.125. The van der Waals surface area contributed by atoms with Crippen molar-refractivity contribution in [2.45, 2.75) is 6.92 Å². The molecule has 1 heterocycles. The van der Waals surface area contributed by atoms with E-state index >= 15 is 0 Å². The third kappa shape index (κ3) is 1.58. The van der Waals surface area contributed by atoms with Crippen LogP contribution in [0.2, 0.25) is 5.02 Å². The Bertz CT molecular complexity index is 238. The van der Waals surface area contributed by atoms with Crippen molar-refractivity contribution in [2.75, 3.05) is 0 Å². The Balaban J connectivity index is 3.00. The van der Waals surface area contributed by atoms with E-state index in [2.05, 4.69) is 11.6 Å². The fourth-order valence-corrected chi connectivity index (χ4v) is 0.740. The lowest BCUT2D eigenvalue weighted by Crippen LogP contribution is -1.81. The zero-order valence-corrected chi connectivity index (χ0v) is 6.52. The molecule has 0 fully saturated rings. The first-order valence-corrected chi connectivity index (χ1v) is 3.35. The van der Waals surface area contributed by atoms with Crippen LogP contribution in [0.15, 0.2) is 24.9 Å². The lowest BCUT2D eigenvalue weighted by Gasteiger charge is -1.95. The lowest BCUT2D eigenvalue weighted by atomic mass is 10.2. The minimum Gasteiger partial charge on any atom is -0.255 e. The summed E-state index contributed by atoms with van der Waals surface area (Å²) in [7, 11) is 0. The third-order valence-corrected chi connectivity index (χ3v) is 1.39. The van der Waals surface area contributed by atoms with Crippen LogP contribution in [-0.4, -0.2) is 4.98 Å². The molecule has 0 unspecified atom stereocenters. The molecule has 0 atom stereocenters. The van der Waals surface area contributed by atoms with Gasteiger partial charge in [0.15, 0.2) is 0 Å². The maximum absolute atomic E-state index is 5.62. The number of halogens is 1. The molecular formula is C8H8ClN. The molecule has 0 aliphatic carbocycles. The van der Waals surface area contributed by atoms with Crippen molar-refractivity contribution in [3.63, 3.8) is 0 Å². The average molecular weight is 154 g/mol. The molecule has 0 bridgehead atoms. The van der Waals surface area contributed by atoms with Crippen LogP contribution in [0.1, 0.15) is 12.6 Å². The molecule has 0 amide bonds. The van der Waals surface area contributed by atoms with Gasteiger partial charge in [-0.15, -0.1) is 0 Å². The largest absolute Gasteiger partial charge is 0.255 e. The van der Waals surface area contributed by atoms with E-state index in [4.69, 9.17) is 11.6 Å². The van der Waals surface area contributed by atoms with Gasteiger partial charge < -0.3 is 0 Å². The topological polar surface area (TPSA) is 12.9 Å². The van der Waals surface area contributed by atoms with Crippen molar-refractivity contribution < 1.29 is 0 Å². The highest BCUT2D eigenvalue weighted by molar-refractivity contribution is 6.30. The van der Waals surface area contributed by atoms with Crippen LogP contribution < -0.4 is 0 Å². The van der Waals surface area contributed by atoms with Crippen LogP contribution in [0.5, 0.6) is 0 Å². The quantitative estimate of drug-likeness (QED) is 0.605. The van der Waals surface area contributed by atoms with Crippen LogP contribution in [0.25, 0.3) is 5.57 Å². The highest BCUT2D eigenvalue weighted by atomic mass is 35.5. The van der Waals surface area contributed by atoms with Gasteiger partial charge in [0.05, 0.1) is 10.7 Å². The Labute approximate surface area is 65.4 Å². The van der Waals surface area contributed by atoms with Gasteiger partial charge in [0, 0.05) is 6.20 Å². The molecule has 1 aromatic rings. The van der Waals surface area contributed by atoms with Gasteiger partial charge >= 0.3 is 0 Å². The molecule has 1 aromatic heterocycles. The molecule has 0 N–H and O–H groups in total. The van der Waals surface area contributed by atoms with Crippen molar-refractivity contribution in [3.05, 3.63) is 35.6 Å². The van der Waals surface area contributed by atoms with Crippen LogP contribution in [-0.2, 0) is 0 Å². The molecule has 0 radical (unpaired) electrons. The van der Waals surface area contributed by atoms with Gasteiger partial charge in [0.1, 0.15) is 0 Å². The summed E-state index contributed by atoms with van der Waals surface area (Å²) in [6, 6.07) is 3.66. The smallest absolute Gasteiger partial charge is 0.0654 e. The highest BCUT2D eigenvalue weighted by Gasteiger charge is 1.92. The number of pyridine rings is 1. The summed E-state index contributed by atoms with van der Waals surface area (Å²) < 4.78 is 0. The van der Waals surface area contributed by atoms with Gasteiger partial charge in [-0.25, -0.2) is 0 Å². The highest BCUT2D eigenvalue weighted by Crippen LogP contribution is 2.11. The van der Waals surface area contributed by atoms with Crippen molar-refractivity contribution in [3.8, 4) is 0 Å². The summed E-state index contributed by atoms with van der Waals surface area (Å²) in [5.41, 5.74) is 1.85. The van der Waals surface area contributed by atoms with Gasteiger partial charge in [0.25, 0.3) is 0 Å². The van der Waals surface area contributed by atoms with Crippen molar-refractivity contribution in [2.24, 2.45) is 0 Å². The number of hydrogen-bond donors (Lipinski definition) is 0. The average Bonchev–Trinajstić information content (AvgIpc) is 1.88. The van der Waals surface area contributed by atoms with E-state index in [9.17, 15) is 0 Å². The number of allylic oxidation sites excluding steroid dienone is 1. The molecule has 0 aliphatic rings. The SMILES string of the molecule is C=C(C)c1ccc(Cl)cn1. The zero-order valence-electron chi connectivity index (χ0n) is 5.76. The lowest BCUT2D eigenvalue weighted by molar-refractivity contribution is 1.27. The van der Waals surface area contributed by atoms with E-state index < -0.39 is 0 Å². The molecular weight excluding hydrogens is 146 g/mol. The summed E-state index contributed by atoms with van der Waals surface area (Å²) in [6.45, 7) is 5.66. The Kier molecular flexibility index (Phi) is 2.07. The Hall–Kier alpha value is -0.820. The Morgan fingerprint density at radius 1 is 1.60 bits per heavy atom. The number of nitrogens with zero attached hydrogens (tertiary/aromatic N) is 1. The maximum Gasteiger partial charge on any atom is 0.0654 e. The molecule has 0 aliphatic heterocycles. The second kappa shape index (κ2) is 2.84. The maximum atomic E-state index is 5.62. The van der Waals surface area contributed by atoms with Gasteiger partial charge in [-0.1, -0.05) is 18.2 Å². The van der Waals surface area contributed by atoms with E-state index in [1.165, 1.54) is 0 Å². The number of aromatic nitrogens is 1. The summed E-state index contributed by atoms with van der Waals surface area (Å²) in [5.74, 6) is 0. The van der Waals surface area contributed by atoms with E-state index in [0.29, 0.717) is 5.02 Å². The van der Waals surface area contributed by atoms with Gasteiger partial charge in [-0.2, -0.15) is 0 Å². The van der Waals surface area contributed by atoms with E-state index in [1.54, 1.807) is 12.3 Å². The molecule has 10 heavy (non-hydrogen) atoms. The first kappa shape index (κ1) is 7.29. The first-order chi connectivity index (χ1) is 4.70. The summed E-state index contributed by atoms with van der Waals surface area (Å²) in [4.78, 5) is 4.05.